The van der Waals surface area contributed by atoms with E-state index < -0.39 is 17.7 Å². The van der Waals surface area contributed by atoms with Crippen LogP contribution >= 0.6 is 0 Å². The summed E-state index contributed by atoms with van der Waals surface area (Å²) in [5.41, 5.74) is 1.82. The van der Waals surface area contributed by atoms with E-state index in [0.717, 1.165) is 6.42 Å². The Morgan fingerprint density at radius 2 is 1.43 bits per heavy atom. The fraction of sp³-hybridized carbons (Fsp3) is 0.391. The molecule has 0 radical (unpaired) electrons. The number of nitrogens with one attached hydrogen (secondary N) is 2. The molecule has 0 saturated heterocycles. The van der Waals surface area contributed by atoms with Gasteiger partial charge in [0.2, 0.25) is 5.91 Å². The van der Waals surface area contributed by atoms with Gasteiger partial charge in [0.15, 0.2) is 0 Å². The first-order valence-corrected chi connectivity index (χ1v) is 9.63. The summed E-state index contributed by atoms with van der Waals surface area (Å²) in [5, 5.41) is 5.48. The van der Waals surface area contributed by atoms with E-state index in [0.29, 0.717) is 6.54 Å². The molecule has 0 aliphatic rings. The van der Waals surface area contributed by atoms with Gasteiger partial charge in [-0.05, 0) is 45.2 Å². The third-order valence-corrected chi connectivity index (χ3v) is 4.26. The highest BCUT2D eigenvalue weighted by Gasteiger charge is 2.21. The number of amides is 2. The number of carbonyl (C=O) groups is 2. The average molecular weight is 383 g/mol. The normalized spacial score (nSPS) is 12.3. The maximum atomic E-state index is 12.3. The molecule has 2 rings (SSSR count). The van der Waals surface area contributed by atoms with Gasteiger partial charge in [-0.1, -0.05) is 60.7 Å². The standard InChI is InChI=1S/C23H30N2O3/c1-17(25-22(27)28-23(2,3)4)21(26)24-16-15-20(18-11-7-5-8-12-18)19-13-9-6-10-14-19/h5-14,17,20H,15-16H2,1-4H3,(H,24,26)(H,25,27)/t17-/m1/s1. The van der Waals surface area contributed by atoms with E-state index in [1.54, 1.807) is 27.7 Å². The monoisotopic (exact) mass is 382 g/mol. The quantitative estimate of drug-likeness (QED) is 0.753. The second kappa shape index (κ2) is 9.93. The minimum absolute atomic E-state index is 0.192. The molecular weight excluding hydrogens is 352 g/mol. The molecular formula is C23H30N2O3. The number of carbonyl (C=O) groups excluding carboxylic acids is 2. The highest BCUT2D eigenvalue weighted by Crippen LogP contribution is 2.27. The molecule has 5 heteroatoms. The van der Waals surface area contributed by atoms with Crippen LogP contribution in [-0.4, -0.2) is 30.2 Å². The van der Waals surface area contributed by atoms with Gasteiger partial charge in [0.05, 0.1) is 0 Å². The SMILES string of the molecule is C[C@@H](NC(=O)OC(C)(C)C)C(=O)NCCC(c1ccccc1)c1ccccc1. The lowest BCUT2D eigenvalue weighted by atomic mass is 9.88. The summed E-state index contributed by atoms with van der Waals surface area (Å²) in [6.45, 7) is 7.50. The van der Waals surface area contributed by atoms with Gasteiger partial charge in [-0.15, -0.1) is 0 Å². The first-order chi connectivity index (χ1) is 13.3. The Morgan fingerprint density at radius 3 is 1.89 bits per heavy atom. The van der Waals surface area contributed by atoms with Gasteiger partial charge < -0.3 is 15.4 Å². The zero-order valence-corrected chi connectivity index (χ0v) is 17.1. The second-order valence-corrected chi connectivity index (χ2v) is 7.82. The summed E-state index contributed by atoms with van der Waals surface area (Å²) < 4.78 is 5.19. The molecule has 0 fully saturated rings. The summed E-state index contributed by atoms with van der Waals surface area (Å²) in [4.78, 5) is 24.1. The molecule has 0 spiro atoms. The number of benzene rings is 2. The smallest absolute Gasteiger partial charge is 0.408 e. The summed E-state index contributed by atoms with van der Waals surface area (Å²) in [5.74, 6) is -0.0393. The zero-order chi connectivity index (χ0) is 20.6. The van der Waals surface area contributed by atoms with E-state index in [1.165, 1.54) is 11.1 Å². The second-order valence-electron chi connectivity index (χ2n) is 7.82. The first kappa shape index (κ1) is 21.5. The minimum atomic E-state index is -0.665. The first-order valence-electron chi connectivity index (χ1n) is 9.63. The fourth-order valence-electron chi connectivity index (χ4n) is 2.94. The van der Waals surface area contributed by atoms with Gasteiger partial charge in [0.25, 0.3) is 0 Å². The maximum Gasteiger partial charge on any atom is 0.408 e. The molecule has 28 heavy (non-hydrogen) atoms. The van der Waals surface area contributed by atoms with Crippen LogP contribution in [0.2, 0.25) is 0 Å². The van der Waals surface area contributed by atoms with Crippen molar-refractivity contribution in [3.63, 3.8) is 0 Å². The summed E-state index contributed by atoms with van der Waals surface area (Å²) in [6.07, 6.45) is 0.167. The van der Waals surface area contributed by atoms with Crippen molar-refractivity contribution in [1.82, 2.24) is 10.6 Å². The average Bonchev–Trinajstić information content (AvgIpc) is 2.65. The van der Waals surface area contributed by atoms with Crippen molar-refractivity contribution in [3.05, 3.63) is 71.8 Å². The molecule has 1 atom stereocenters. The van der Waals surface area contributed by atoms with Gasteiger partial charge in [0.1, 0.15) is 11.6 Å². The molecule has 2 aromatic rings. The lowest BCUT2D eigenvalue weighted by Crippen LogP contribution is -2.46. The van der Waals surface area contributed by atoms with E-state index in [-0.39, 0.29) is 11.8 Å². The molecule has 2 amide bonds. The van der Waals surface area contributed by atoms with Crippen molar-refractivity contribution in [3.8, 4) is 0 Å². The van der Waals surface area contributed by atoms with Crippen LogP contribution in [0.3, 0.4) is 0 Å². The van der Waals surface area contributed by atoms with Crippen molar-refractivity contribution in [2.24, 2.45) is 0 Å². The van der Waals surface area contributed by atoms with Gasteiger partial charge in [-0.25, -0.2) is 4.79 Å². The zero-order valence-electron chi connectivity index (χ0n) is 17.1. The van der Waals surface area contributed by atoms with Crippen LogP contribution in [0, 0.1) is 0 Å². The lowest BCUT2D eigenvalue weighted by Gasteiger charge is -2.22. The van der Waals surface area contributed by atoms with Crippen molar-refractivity contribution >= 4 is 12.0 Å². The van der Waals surface area contributed by atoms with Crippen LogP contribution in [0.15, 0.2) is 60.7 Å². The van der Waals surface area contributed by atoms with Crippen LogP contribution in [0.4, 0.5) is 4.79 Å². The van der Waals surface area contributed by atoms with Crippen molar-refractivity contribution < 1.29 is 14.3 Å². The molecule has 0 bridgehead atoms. The summed E-state index contributed by atoms with van der Waals surface area (Å²) in [7, 11) is 0. The number of hydrogen-bond acceptors (Lipinski definition) is 3. The molecule has 0 heterocycles. The Balaban J connectivity index is 1.91. The molecule has 0 unspecified atom stereocenters. The third-order valence-electron chi connectivity index (χ3n) is 4.26. The fourth-order valence-corrected chi connectivity index (χ4v) is 2.94. The van der Waals surface area contributed by atoms with E-state index in [9.17, 15) is 9.59 Å². The largest absolute Gasteiger partial charge is 0.444 e. The Labute approximate surface area is 167 Å². The molecule has 2 N–H and O–H groups in total. The summed E-state index contributed by atoms with van der Waals surface area (Å²) >= 11 is 0. The lowest BCUT2D eigenvalue weighted by molar-refractivity contribution is -0.122. The Hall–Kier alpha value is -2.82. The molecule has 150 valence electrons. The Morgan fingerprint density at radius 1 is 0.929 bits per heavy atom. The van der Waals surface area contributed by atoms with E-state index >= 15 is 0 Å². The van der Waals surface area contributed by atoms with Gasteiger partial charge in [-0.2, -0.15) is 0 Å². The van der Waals surface area contributed by atoms with E-state index in [2.05, 4.69) is 34.9 Å². The van der Waals surface area contributed by atoms with E-state index in [1.807, 2.05) is 36.4 Å². The molecule has 0 aromatic heterocycles. The molecule has 0 aliphatic carbocycles. The highest BCUT2D eigenvalue weighted by atomic mass is 16.6. The van der Waals surface area contributed by atoms with Crippen molar-refractivity contribution in [2.45, 2.75) is 51.7 Å². The molecule has 2 aromatic carbocycles. The number of rotatable bonds is 7. The van der Waals surface area contributed by atoms with Crippen LogP contribution in [0.25, 0.3) is 0 Å². The van der Waals surface area contributed by atoms with Gasteiger partial charge in [0, 0.05) is 12.5 Å². The maximum absolute atomic E-state index is 12.3. The minimum Gasteiger partial charge on any atom is -0.444 e. The summed E-state index contributed by atoms with van der Waals surface area (Å²) in [6, 6.07) is 19.8. The van der Waals surface area contributed by atoms with Crippen molar-refractivity contribution in [1.29, 1.82) is 0 Å². The van der Waals surface area contributed by atoms with Crippen LogP contribution in [0.5, 0.6) is 0 Å². The van der Waals surface area contributed by atoms with Gasteiger partial charge in [-0.3, -0.25) is 4.79 Å². The number of ether oxygens (including phenoxy) is 1. The predicted octanol–water partition coefficient (Wildman–Crippen LogP) is 4.24. The molecule has 5 nitrogen and oxygen atoms in total. The van der Waals surface area contributed by atoms with Gasteiger partial charge >= 0.3 is 6.09 Å². The molecule has 0 aliphatic heterocycles. The van der Waals surface area contributed by atoms with Crippen molar-refractivity contribution in [2.75, 3.05) is 6.54 Å². The number of alkyl carbamates (subject to hydrolysis) is 1. The Kier molecular flexibility index (Phi) is 7.61. The van der Waals surface area contributed by atoms with Crippen LogP contribution in [-0.2, 0) is 9.53 Å². The van der Waals surface area contributed by atoms with Crippen LogP contribution in [0.1, 0.15) is 51.2 Å². The predicted molar refractivity (Wildman–Crippen MR) is 111 cm³/mol. The Bertz CT molecular complexity index is 715. The highest BCUT2D eigenvalue weighted by molar-refractivity contribution is 5.85. The molecule has 0 saturated carbocycles. The number of hydrogen-bond donors (Lipinski definition) is 2. The van der Waals surface area contributed by atoms with Crippen LogP contribution < -0.4 is 10.6 Å². The third kappa shape index (κ3) is 7.06. The topological polar surface area (TPSA) is 67.4 Å². The van der Waals surface area contributed by atoms with E-state index in [4.69, 9.17) is 4.74 Å².